The van der Waals surface area contributed by atoms with Crippen LogP contribution < -0.4 is 0 Å². The van der Waals surface area contributed by atoms with Crippen molar-refractivity contribution in [1.29, 1.82) is 0 Å². The van der Waals surface area contributed by atoms with Crippen molar-refractivity contribution >= 4 is 28.4 Å². The number of halogens is 1. The fourth-order valence-electron chi connectivity index (χ4n) is 4.53. The molecule has 5 heteroatoms. The highest BCUT2D eigenvalue weighted by molar-refractivity contribution is 6.31. The summed E-state index contributed by atoms with van der Waals surface area (Å²) in [5.41, 5.74) is 2.19. The first-order valence-corrected chi connectivity index (χ1v) is 10.6. The molecule has 4 rings (SSSR count). The molecular formula is C22H28ClN3O. The third-order valence-electron chi connectivity index (χ3n) is 6.11. The summed E-state index contributed by atoms with van der Waals surface area (Å²) < 4.78 is 0. The summed E-state index contributed by atoms with van der Waals surface area (Å²) in [6, 6.07) is 7.99. The van der Waals surface area contributed by atoms with E-state index in [-0.39, 0.29) is 0 Å². The van der Waals surface area contributed by atoms with Crippen molar-refractivity contribution < 1.29 is 4.79 Å². The van der Waals surface area contributed by atoms with Crippen LogP contribution in [-0.4, -0.2) is 46.9 Å². The lowest BCUT2D eigenvalue weighted by Gasteiger charge is -2.35. The van der Waals surface area contributed by atoms with Crippen LogP contribution in [-0.2, 0) is 11.3 Å². The fraction of sp³-hybridized carbons (Fsp3) is 0.545. The Bertz CT molecular complexity index is 795. The first-order chi connectivity index (χ1) is 13.2. The number of rotatable bonds is 5. The zero-order valence-electron chi connectivity index (χ0n) is 15.9. The Morgan fingerprint density at radius 1 is 1.15 bits per heavy atom. The molecule has 2 fully saturated rings. The van der Waals surface area contributed by atoms with E-state index in [0.717, 1.165) is 67.4 Å². The number of pyridine rings is 1. The minimum atomic E-state index is 0.344. The largest absolute Gasteiger partial charge is 0.340 e. The van der Waals surface area contributed by atoms with Crippen molar-refractivity contribution in [3.8, 4) is 0 Å². The van der Waals surface area contributed by atoms with Crippen molar-refractivity contribution in [2.45, 2.75) is 45.1 Å². The van der Waals surface area contributed by atoms with Gasteiger partial charge in [-0.1, -0.05) is 43.4 Å². The molecule has 0 radical (unpaired) electrons. The third kappa shape index (κ3) is 4.61. The summed E-state index contributed by atoms with van der Waals surface area (Å²) in [5.74, 6) is 1.13. The van der Waals surface area contributed by atoms with E-state index < -0.39 is 0 Å². The average Bonchev–Trinajstić information content (AvgIpc) is 3.20. The van der Waals surface area contributed by atoms with Crippen LogP contribution in [0.25, 0.3) is 10.9 Å². The van der Waals surface area contributed by atoms with Crippen molar-refractivity contribution in [3.63, 3.8) is 0 Å². The third-order valence-corrected chi connectivity index (χ3v) is 6.33. The SMILES string of the molecule is O=C(CCC1CCCC1)N1CCN(Cc2cc(Cl)cc3cccnc23)CC1. The summed E-state index contributed by atoms with van der Waals surface area (Å²) in [7, 11) is 0. The lowest BCUT2D eigenvalue weighted by molar-refractivity contribution is -0.133. The maximum atomic E-state index is 12.5. The number of aromatic nitrogens is 1. The molecule has 1 aliphatic heterocycles. The summed E-state index contributed by atoms with van der Waals surface area (Å²) in [4.78, 5) is 21.5. The van der Waals surface area contributed by atoms with Crippen molar-refractivity contribution in [2.24, 2.45) is 5.92 Å². The van der Waals surface area contributed by atoms with E-state index in [1.807, 2.05) is 24.4 Å². The number of benzene rings is 1. The Hall–Kier alpha value is -1.65. The van der Waals surface area contributed by atoms with Gasteiger partial charge in [-0.3, -0.25) is 14.7 Å². The normalized spacial score (nSPS) is 19.1. The first-order valence-electron chi connectivity index (χ1n) is 10.2. The lowest BCUT2D eigenvalue weighted by atomic mass is 10.0. The van der Waals surface area contributed by atoms with E-state index in [2.05, 4.69) is 20.9 Å². The van der Waals surface area contributed by atoms with Crippen LogP contribution in [0.4, 0.5) is 0 Å². The Morgan fingerprint density at radius 3 is 2.70 bits per heavy atom. The molecule has 2 aromatic rings. The molecular weight excluding hydrogens is 358 g/mol. The maximum Gasteiger partial charge on any atom is 0.222 e. The van der Waals surface area contributed by atoms with E-state index in [1.165, 1.54) is 31.2 Å². The second-order valence-electron chi connectivity index (χ2n) is 7.99. The van der Waals surface area contributed by atoms with Crippen LogP contribution in [0.15, 0.2) is 30.5 Å². The number of amides is 1. The number of piperazine rings is 1. The molecule has 2 aliphatic rings. The average molecular weight is 386 g/mol. The number of hydrogen-bond donors (Lipinski definition) is 0. The van der Waals surface area contributed by atoms with Gasteiger partial charge in [-0.2, -0.15) is 0 Å². The second-order valence-corrected chi connectivity index (χ2v) is 8.42. The number of hydrogen-bond acceptors (Lipinski definition) is 3. The quantitative estimate of drug-likeness (QED) is 0.760. The van der Waals surface area contributed by atoms with Gasteiger partial charge < -0.3 is 4.90 Å². The van der Waals surface area contributed by atoms with Crippen LogP contribution in [0.1, 0.15) is 44.1 Å². The molecule has 0 unspecified atom stereocenters. The highest BCUT2D eigenvalue weighted by Gasteiger charge is 2.23. The summed E-state index contributed by atoms with van der Waals surface area (Å²) in [5, 5.41) is 1.84. The van der Waals surface area contributed by atoms with Crippen LogP contribution in [0.3, 0.4) is 0 Å². The van der Waals surface area contributed by atoms with Gasteiger partial charge in [0.2, 0.25) is 5.91 Å². The summed E-state index contributed by atoms with van der Waals surface area (Å²) in [6.45, 7) is 4.31. The molecule has 0 N–H and O–H groups in total. The molecule has 1 amide bonds. The molecule has 27 heavy (non-hydrogen) atoms. The molecule has 144 valence electrons. The van der Waals surface area contributed by atoms with E-state index in [0.29, 0.717) is 5.91 Å². The number of nitrogens with zero attached hydrogens (tertiary/aromatic N) is 3. The van der Waals surface area contributed by atoms with E-state index in [1.54, 1.807) is 0 Å². The van der Waals surface area contributed by atoms with E-state index in [4.69, 9.17) is 11.6 Å². The Labute approximate surface area is 166 Å². The molecule has 1 saturated heterocycles. The van der Waals surface area contributed by atoms with Crippen LogP contribution in [0.2, 0.25) is 5.02 Å². The van der Waals surface area contributed by atoms with Gasteiger partial charge >= 0.3 is 0 Å². The monoisotopic (exact) mass is 385 g/mol. The number of carbonyl (C=O) groups is 1. The topological polar surface area (TPSA) is 36.4 Å². The highest BCUT2D eigenvalue weighted by atomic mass is 35.5. The Morgan fingerprint density at radius 2 is 1.93 bits per heavy atom. The zero-order chi connectivity index (χ0) is 18.6. The number of fused-ring (bicyclic) bond motifs is 1. The van der Waals surface area contributed by atoms with Crippen LogP contribution in [0.5, 0.6) is 0 Å². The molecule has 4 nitrogen and oxygen atoms in total. The minimum absolute atomic E-state index is 0.344. The highest BCUT2D eigenvalue weighted by Crippen LogP contribution is 2.29. The van der Waals surface area contributed by atoms with E-state index >= 15 is 0 Å². The van der Waals surface area contributed by atoms with Crippen LogP contribution >= 0.6 is 11.6 Å². The van der Waals surface area contributed by atoms with Gasteiger partial charge in [-0.25, -0.2) is 0 Å². The zero-order valence-corrected chi connectivity index (χ0v) is 16.6. The fourth-order valence-corrected chi connectivity index (χ4v) is 4.78. The second kappa shape index (κ2) is 8.57. The van der Waals surface area contributed by atoms with Crippen molar-refractivity contribution in [2.75, 3.05) is 26.2 Å². The summed E-state index contributed by atoms with van der Waals surface area (Å²) >= 11 is 6.30. The predicted octanol–water partition coefficient (Wildman–Crippen LogP) is 4.50. The van der Waals surface area contributed by atoms with Gasteiger partial charge in [0.15, 0.2) is 0 Å². The van der Waals surface area contributed by atoms with Crippen LogP contribution in [0, 0.1) is 5.92 Å². The molecule has 0 spiro atoms. The van der Waals surface area contributed by atoms with Crippen molar-refractivity contribution in [3.05, 3.63) is 41.0 Å². The maximum absolute atomic E-state index is 12.5. The van der Waals surface area contributed by atoms with E-state index in [9.17, 15) is 4.79 Å². The molecule has 0 atom stereocenters. The smallest absolute Gasteiger partial charge is 0.222 e. The number of carbonyl (C=O) groups excluding carboxylic acids is 1. The minimum Gasteiger partial charge on any atom is -0.340 e. The molecule has 1 aliphatic carbocycles. The molecule has 1 aromatic carbocycles. The molecule has 1 saturated carbocycles. The van der Waals surface area contributed by atoms with Gasteiger partial charge in [-0.05, 0) is 36.1 Å². The van der Waals surface area contributed by atoms with Gasteiger partial charge in [0.1, 0.15) is 0 Å². The Kier molecular flexibility index (Phi) is 5.94. The Balaban J connectivity index is 1.31. The molecule has 2 heterocycles. The summed E-state index contributed by atoms with van der Waals surface area (Å²) in [6.07, 6.45) is 8.99. The molecule has 1 aromatic heterocycles. The standard InChI is InChI=1S/C22H28ClN3O/c23-20-14-18-6-3-9-24-22(18)19(15-20)16-25-10-12-26(13-11-25)21(27)8-7-17-4-1-2-5-17/h3,6,9,14-15,17H,1-2,4-5,7-8,10-13,16H2. The van der Waals surface area contributed by atoms with Gasteiger partial charge in [0.05, 0.1) is 5.52 Å². The van der Waals surface area contributed by atoms with Crippen molar-refractivity contribution in [1.82, 2.24) is 14.8 Å². The molecule has 0 bridgehead atoms. The van der Waals surface area contributed by atoms with Gasteiger partial charge in [0, 0.05) is 55.8 Å². The van der Waals surface area contributed by atoms with Gasteiger partial charge in [0.25, 0.3) is 0 Å². The lowest BCUT2D eigenvalue weighted by Crippen LogP contribution is -2.48. The van der Waals surface area contributed by atoms with Gasteiger partial charge in [-0.15, -0.1) is 0 Å². The first kappa shape index (κ1) is 18.7. The predicted molar refractivity (Wildman–Crippen MR) is 110 cm³/mol.